The highest BCUT2D eigenvalue weighted by molar-refractivity contribution is 6.42. The zero-order valence-electron chi connectivity index (χ0n) is 20.2. The quantitative estimate of drug-likeness (QED) is 0.526. The van der Waals surface area contributed by atoms with Crippen molar-refractivity contribution in [3.8, 4) is 0 Å². The summed E-state index contributed by atoms with van der Waals surface area (Å²) in [6, 6.07) is 10.8. The van der Waals surface area contributed by atoms with Crippen LogP contribution in [-0.4, -0.2) is 62.5 Å². The number of aromatic nitrogens is 2. The lowest BCUT2D eigenvalue weighted by atomic mass is 9.88. The maximum Gasteiger partial charge on any atom is 0.261 e. The van der Waals surface area contributed by atoms with E-state index in [-0.39, 0.29) is 29.8 Å². The molecule has 1 aliphatic rings. The van der Waals surface area contributed by atoms with Crippen LogP contribution in [0.4, 0.5) is 0 Å². The number of hydrogen-bond acceptors (Lipinski definition) is 5. The van der Waals surface area contributed by atoms with Gasteiger partial charge in [-0.15, -0.1) is 0 Å². The zero-order chi connectivity index (χ0) is 26.0. The Morgan fingerprint density at radius 2 is 1.86 bits per heavy atom. The summed E-state index contributed by atoms with van der Waals surface area (Å²) in [5.41, 5.74) is 2.12. The fourth-order valence-electron chi connectivity index (χ4n) is 4.51. The van der Waals surface area contributed by atoms with E-state index in [1.165, 1.54) is 22.7 Å². The summed E-state index contributed by atoms with van der Waals surface area (Å²) in [5, 5.41) is 10.9. The standard InChI is InChI=1S/C26H28Cl2N4O4/c1-16(33)25(35)31-9-7-18(8-10-31)19-4-6-23-20(12-19)26(36)32(15-29-23)14-24(34)30(2)13-17-3-5-21(27)22(28)11-17/h3-6,11-12,15-16,18,33H,7-10,13-14H2,1-2H3. The predicted octanol–water partition coefficient (Wildman–Crippen LogP) is 3.45. The second-order valence-electron chi connectivity index (χ2n) is 9.23. The van der Waals surface area contributed by atoms with Gasteiger partial charge in [0, 0.05) is 26.7 Å². The first-order valence-corrected chi connectivity index (χ1v) is 12.5. The molecule has 1 atom stereocenters. The Hall–Kier alpha value is -2.94. The molecule has 8 nitrogen and oxygen atoms in total. The summed E-state index contributed by atoms with van der Waals surface area (Å²) in [5.74, 6) is -0.303. The van der Waals surface area contributed by atoms with Gasteiger partial charge in [0.1, 0.15) is 12.6 Å². The Morgan fingerprint density at radius 1 is 1.14 bits per heavy atom. The summed E-state index contributed by atoms with van der Waals surface area (Å²) in [7, 11) is 1.66. The fourth-order valence-corrected chi connectivity index (χ4v) is 4.83. The van der Waals surface area contributed by atoms with Crippen molar-refractivity contribution in [3.05, 3.63) is 74.3 Å². The molecule has 1 unspecified atom stereocenters. The Kier molecular flexibility index (Phi) is 7.97. The highest BCUT2D eigenvalue weighted by Gasteiger charge is 2.26. The van der Waals surface area contributed by atoms with E-state index in [9.17, 15) is 19.5 Å². The predicted molar refractivity (Wildman–Crippen MR) is 139 cm³/mol. The normalized spacial score (nSPS) is 15.2. The number of amides is 2. The van der Waals surface area contributed by atoms with Crippen LogP contribution in [0.2, 0.25) is 10.0 Å². The summed E-state index contributed by atoms with van der Waals surface area (Å²) in [4.78, 5) is 45.7. The number of hydrogen-bond donors (Lipinski definition) is 1. The number of piperidine rings is 1. The first-order valence-electron chi connectivity index (χ1n) is 11.8. The average molecular weight is 531 g/mol. The number of likely N-dealkylation sites (N-methyl/N-ethyl adjacent to an activating group) is 1. The van der Waals surface area contributed by atoms with E-state index < -0.39 is 6.10 Å². The molecule has 36 heavy (non-hydrogen) atoms. The Balaban J connectivity index is 1.47. The van der Waals surface area contributed by atoms with Crippen molar-refractivity contribution in [1.29, 1.82) is 0 Å². The molecule has 2 amide bonds. The molecule has 4 rings (SSSR count). The topological polar surface area (TPSA) is 95.7 Å². The van der Waals surface area contributed by atoms with Gasteiger partial charge in [-0.2, -0.15) is 0 Å². The van der Waals surface area contributed by atoms with E-state index in [1.54, 1.807) is 30.1 Å². The lowest BCUT2D eigenvalue weighted by molar-refractivity contribution is -0.140. The maximum atomic E-state index is 13.2. The molecule has 3 aromatic rings. The molecule has 0 bridgehead atoms. The van der Waals surface area contributed by atoms with Gasteiger partial charge in [0.25, 0.3) is 11.5 Å². The van der Waals surface area contributed by atoms with Crippen LogP contribution in [0.5, 0.6) is 0 Å². The van der Waals surface area contributed by atoms with Crippen molar-refractivity contribution in [2.75, 3.05) is 20.1 Å². The van der Waals surface area contributed by atoms with Crippen LogP contribution in [0.25, 0.3) is 10.9 Å². The van der Waals surface area contributed by atoms with Crippen LogP contribution >= 0.6 is 23.2 Å². The van der Waals surface area contributed by atoms with Gasteiger partial charge in [-0.3, -0.25) is 19.0 Å². The minimum absolute atomic E-state index is 0.135. The molecule has 2 aromatic carbocycles. The first-order chi connectivity index (χ1) is 17.1. The number of likely N-dealkylation sites (tertiary alicyclic amines) is 1. The highest BCUT2D eigenvalue weighted by atomic mass is 35.5. The molecular weight excluding hydrogens is 503 g/mol. The van der Waals surface area contributed by atoms with Crippen LogP contribution in [-0.2, 0) is 22.7 Å². The van der Waals surface area contributed by atoms with Gasteiger partial charge < -0.3 is 14.9 Å². The molecule has 1 aromatic heterocycles. The van der Waals surface area contributed by atoms with Crippen molar-refractivity contribution >= 4 is 45.9 Å². The van der Waals surface area contributed by atoms with Gasteiger partial charge in [0.15, 0.2) is 0 Å². The SMILES string of the molecule is CC(O)C(=O)N1CCC(c2ccc3ncn(CC(=O)N(C)Cc4ccc(Cl)c(Cl)c4)c(=O)c3c2)CC1. The molecule has 2 heterocycles. The number of nitrogens with zero attached hydrogens (tertiary/aromatic N) is 4. The number of halogens is 2. The molecule has 1 aliphatic heterocycles. The van der Waals surface area contributed by atoms with Crippen LogP contribution in [0, 0.1) is 0 Å². The highest BCUT2D eigenvalue weighted by Crippen LogP contribution is 2.29. The van der Waals surface area contributed by atoms with Crippen LogP contribution in [0.3, 0.4) is 0 Å². The minimum atomic E-state index is -1.00. The Morgan fingerprint density at radius 3 is 2.53 bits per heavy atom. The number of carbonyl (C=O) groups is 2. The van der Waals surface area contributed by atoms with Gasteiger partial charge in [-0.1, -0.05) is 35.3 Å². The number of carbonyl (C=O) groups excluding carboxylic acids is 2. The molecule has 0 aliphatic carbocycles. The smallest absolute Gasteiger partial charge is 0.261 e. The summed E-state index contributed by atoms with van der Waals surface area (Å²) >= 11 is 12.0. The molecule has 0 saturated carbocycles. The lowest BCUT2D eigenvalue weighted by Gasteiger charge is -2.33. The molecule has 1 N–H and O–H groups in total. The first kappa shape index (κ1) is 26.1. The van der Waals surface area contributed by atoms with Crippen LogP contribution in [0.1, 0.15) is 36.8 Å². The van der Waals surface area contributed by atoms with Crippen molar-refractivity contribution in [1.82, 2.24) is 19.4 Å². The van der Waals surface area contributed by atoms with Gasteiger partial charge in [0.2, 0.25) is 5.91 Å². The molecule has 0 radical (unpaired) electrons. The van der Waals surface area contributed by atoms with E-state index in [0.717, 1.165) is 24.0 Å². The molecule has 0 spiro atoms. The van der Waals surface area contributed by atoms with Gasteiger partial charge in [0.05, 0.1) is 27.3 Å². The third kappa shape index (κ3) is 5.72. The van der Waals surface area contributed by atoms with E-state index in [2.05, 4.69) is 4.98 Å². The third-order valence-electron chi connectivity index (χ3n) is 6.62. The molecule has 10 heteroatoms. The van der Waals surface area contributed by atoms with Crippen molar-refractivity contribution < 1.29 is 14.7 Å². The lowest BCUT2D eigenvalue weighted by Crippen LogP contribution is -2.42. The van der Waals surface area contributed by atoms with Gasteiger partial charge >= 0.3 is 0 Å². The number of rotatable bonds is 6. The Labute approximate surface area is 219 Å². The average Bonchev–Trinajstić information content (AvgIpc) is 2.87. The second kappa shape index (κ2) is 11.0. The van der Waals surface area contributed by atoms with E-state index in [1.807, 2.05) is 18.2 Å². The number of aliphatic hydroxyl groups is 1. The molecule has 190 valence electrons. The second-order valence-corrected chi connectivity index (χ2v) is 10.0. The molecular formula is C26H28Cl2N4O4. The van der Waals surface area contributed by atoms with Gasteiger partial charge in [-0.05, 0) is 61.1 Å². The number of fused-ring (bicyclic) bond motifs is 1. The van der Waals surface area contributed by atoms with E-state index in [4.69, 9.17) is 23.2 Å². The summed E-state index contributed by atoms with van der Waals surface area (Å²) in [6.45, 7) is 2.79. The minimum Gasteiger partial charge on any atom is -0.384 e. The Bertz CT molecular complexity index is 1350. The third-order valence-corrected chi connectivity index (χ3v) is 7.36. The fraction of sp³-hybridized carbons (Fsp3) is 0.385. The largest absolute Gasteiger partial charge is 0.384 e. The van der Waals surface area contributed by atoms with Gasteiger partial charge in [-0.25, -0.2) is 4.98 Å². The number of aliphatic hydroxyl groups excluding tert-OH is 1. The van der Waals surface area contributed by atoms with E-state index >= 15 is 0 Å². The monoisotopic (exact) mass is 530 g/mol. The van der Waals surface area contributed by atoms with Crippen molar-refractivity contribution in [3.63, 3.8) is 0 Å². The van der Waals surface area contributed by atoms with E-state index in [0.29, 0.717) is 40.6 Å². The van der Waals surface area contributed by atoms with Crippen molar-refractivity contribution in [2.45, 2.75) is 44.9 Å². The molecule has 1 fully saturated rings. The maximum absolute atomic E-state index is 13.2. The number of benzene rings is 2. The van der Waals surface area contributed by atoms with Crippen molar-refractivity contribution in [2.24, 2.45) is 0 Å². The summed E-state index contributed by atoms with van der Waals surface area (Å²) < 4.78 is 1.32. The van der Waals surface area contributed by atoms with Crippen LogP contribution in [0.15, 0.2) is 47.5 Å². The summed E-state index contributed by atoms with van der Waals surface area (Å²) in [6.07, 6.45) is 1.89. The zero-order valence-corrected chi connectivity index (χ0v) is 21.7. The molecule has 1 saturated heterocycles. The van der Waals surface area contributed by atoms with Crippen LogP contribution < -0.4 is 5.56 Å².